The summed E-state index contributed by atoms with van der Waals surface area (Å²) in [6.45, 7) is 18.7. The molecule has 0 saturated carbocycles. The van der Waals surface area contributed by atoms with Gasteiger partial charge in [-0.05, 0) is 51.3 Å². The van der Waals surface area contributed by atoms with E-state index in [0.717, 1.165) is 6.42 Å². The fourth-order valence-electron chi connectivity index (χ4n) is 4.06. The summed E-state index contributed by atoms with van der Waals surface area (Å²) in [6.07, 6.45) is 2.27. The summed E-state index contributed by atoms with van der Waals surface area (Å²) in [5.41, 5.74) is 6.40. The van der Waals surface area contributed by atoms with E-state index in [1.165, 1.54) is 28.7 Å². The molecule has 25 heavy (non-hydrogen) atoms. The summed E-state index contributed by atoms with van der Waals surface area (Å²) in [7, 11) is 0. The van der Waals surface area contributed by atoms with Crippen molar-refractivity contribution in [2.45, 2.75) is 73.6 Å². The number of hydrogen-bond donors (Lipinski definition) is 0. The van der Waals surface area contributed by atoms with Gasteiger partial charge in [-0.3, -0.25) is 0 Å². The minimum absolute atomic E-state index is 0.174. The first-order chi connectivity index (χ1) is 11.4. The number of rotatable bonds is 4. The van der Waals surface area contributed by atoms with Crippen LogP contribution in [0, 0.1) is 10.8 Å². The average Bonchev–Trinajstić information content (AvgIpc) is 2.44. The molecule has 0 aromatic heterocycles. The molecule has 0 spiro atoms. The van der Waals surface area contributed by atoms with Gasteiger partial charge in [-0.1, -0.05) is 104 Å². The zero-order valence-corrected chi connectivity index (χ0v) is 17.5. The largest absolute Gasteiger partial charge is 0.0620 e. The maximum Gasteiger partial charge on any atom is -0.00984 e. The Kier molecular flexibility index (Phi) is 5.52. The monoisotopic (exact) mass is 336 g/mol. The molecule has 2 rings (SSSR count). The third kappa shape index (κ3) is 5.73. The van der Waals surface area contributed by atoms with Crippen molar-refractivity contribution in [2.24, 2.45) is 10.8 Å². The van der Waals surface area contributed by atoms with E-state index in [1.807, 2.05) is 0 Å². The fraction of sp³-hybridized carbons (Fsp3) is 0.520. The van der Waals surface area contributed by atoms with Gasteiger partial charge < -0.3 is 0 Å². The van der Waals surface area contributed by atoms with Crippen LogP contribution in [0.4, 0.5) is 0 Å². The van der Waals surface area contributed by atoms with Crippen LogP contribution >= 0.6 is 0 Å². The van der Waals surface area contributed by atoms with Crippen LogP contribution in [0.5, 0.6) is 0 Å². The van der Waals surface area contributed by atoms with Gasteiger partial charge in [0.25, 0.3) is 0 Å². The molecule has 0 aliphatic carbocycles. The lowest BCUT2D eigenvalue weighted by atomic mass is 9.72. The maximum absolute atomic E-state index is 2.41. The van der Waals surface area contributed by atoms with E-state index in [9.17, 15) is 0 Å². The number of benzene rings is 2. The highest BCUT2D eigenvalue weighted by molar-refractivity contribution is 5.68. The maximum atomic E-state index is 2.41. The molecule has 136 valence electrons. The molecule has 0 aliphatic rings. The molecule has 2 aromatic carbocycles. The quantitative estimate of drug-likeness (QED) is 0.537. The summed E-state index contributed by atoms with van der Waals surface area (Å²) in [4.78, 5) is 0. The smallest absolute Gasteiger partial charge is 0.00984 e. The van der Waals surface area contributed by atoms with Crippen molar-refractivity contribution in [1.29, 1.82) is 0 Å². The molecule has 0 heterocycles. The molecule has 0 bridgehead atoms. The van der Waals surface area contributed by atoms with Crippen LogP contribution in [0.15, 0.2) is 48.5 Å². The molecule has 0 heteroatoms. The van der Waals surface area contributed by atoms with E-state index in [0.29, 0.717) is 10.8 Å². The van der Waals surface area contributed by atoms with Gasteiger partial charge in [0.05, 0.1) is 0 Å². The topological polar surface area (TPSA) is 0 Å². The lowest BCUT2D eigenvalue weighted by Crippen LogP contribution is -2.24. The molecular weight excluding hydrogens is 300 g/mol. The van der Waals surface area contributed by atoms with Crippen molar-refractivity contribution in [2.75, 3.05) is 0 Å². The van der Waals surface area contributed by atoms with Gasteiger partial charge in [-0.15, -0.1) is 0 Å². The Balaban J connectivity index is 2.43. The van der Waals surface area contributed by atoms with Crippen LogP contribution in [0.2, 0.25) is 0 Å². The average molecular weight is 337 g/mol. The fourth-order valence-corrected chi connectivity index (χ4v) is 4.06. The highest BCUT2D eigenvalue weighted by Crippen LogP contribution is 2.38. The molecule has 0 aliphatic heterocycles. The zero-order chi connectivity index (χ0) is 18.9. The van der Waals surface area contributed by atoms with E-state index in [1.54, 1.807) is 0 Å². The standard InChI is InChI=1S/C25H36/c1-23(2,3)17-20-12-9-10-15-22(20)19-13-11-14-21(16-19)25(7,8)18-24(4,5)6/h9-16H,17-18H2,1-8H3. The van der Waals surface area contributed by atoms with Gasteiger partial charge in [0.2, 0.25) is 0 Å². The van der Waals surface area contributed by atoms with Crippen LogP contribution in [0.1, 0.15) is 72.9 Å². The van der Waals surface area contributed by atoms with E-state index < -0.39 is 0 Å². The van der Waals surface area contributed by atoms with Crippen LogP contribution in [0.3, 0.4) is 0 Å². The summed E-state index contributed by atoms with van der Waals surface area (Å²) < 4.78 is 0. The Morgan fingerprint density at radius 2 is 1.32 bits per heavy atom. The van der Waals surface area contributed by atoms with Crippen molar-refractivity contribution in [1.82, 2.24) is 0 Å². The summed E-state index contributed by atoms with van der Waals surface area (Å²) in [5, 5.41) is 0. The Bertz CT molecular complexity index is 705. The van der Waals surface area contributed by atoms with Crippen molar-refractivity contribution >= 4 is 0 Å². The first kappa shape index (κ1) is 19.8. The van der Waals surface area contributed by atoms with Crippen LogP contribution in [-0.4, -0.2) is 0 Å². The van der Waals surface area contributed by atoms with Gasteiger partial charge >= 0.3 is 0 Å². The molecule has 0 N–H and O–H groups in total. The second-order valence-corrected chi connectivity index (χ2v) is 10.6. The van der Waals surface area contributed by atoms with Gasteiger partial charge in [0.1, 0.15) is 0 Å². The third-order valence-electron chi connectivity index (χ3n) is 4.67. The molecule has 0 atom stereocenters. The first-order valence-corrected chi connectivity index (χ1v) is 9.56. The molecule has 2 aromatic rings. The van der Waals surface area contributed by atoms with Gasteiger partial charge in [0, 0.05) is 0 Å². The van der Waals surface area contributed by atoms with E-state index >= 15 is 0 Å². The third-order valence-corrected chi connectivity index (χ3v) is 4.67. The summed E-state index contributed by atoms with van der Waals surface area (Å²) in [6, 6.07) is 18.1. The number of hydrogen-bond acceptors (Lipinski definition) is 0. The molecule has 0 saturated heterocycles. The highest BCUT2D eigenvalue weighted by Gasteiger charge is 2.27. The minimum atomic E-state index is 0.174. The second-order valence-electron chi connectivity index (χ2n) is 10.6. The van der Waals surface area contributed by atoms with Crippen molar-refractivity contribution in [3.05, 3.63) is 59.7 Å². The van der Waals surface area contributed by atoms with Crippen LogP contribution < -0.4 is 0 Å². The SMILES string of the molecule is CC(C)(C)Cc1ccccc1-c1cccc(C(C)(C)CC(C)(C)C)c1. The van der Waals surface area contributed by atoms with Gasteiger partial charge in [0.15, 0.2) is 0 Å². The van der Waals surface area contributed by atoms with Crippen LogP contribution in [-0.2, 0) is 11.8 Å². The Morgan fingerprint density at radius 1 is 0.680 bits per heavy atom. The Labute approximate surface area is 155 Å². The molecule has 0 nitrogen and oxygen atoms in total. The molecular formula is C25H36. The lowest BCUT2D eigenvalue weighted by Gasteiger charge is -2.33. The van der Waals surface area contributed by atoms with E-state index in [2.05, 4.69) is 104 Å². The first-order valence-electron chi connectivity index (χ1n) is 9.56. The van der Waals surface area contributed by atoms with Crippen molar-refractivity contribution in [3.63, 3.8) is 0 Å². The lowest BCUT2D eigenvalue weighted by molar-refractivity contribution is 0.284. The van der Waals surface area contributed by atoms with E-state index in [-0.39, 0.29) is 5.41 Å². The minimum Gasteiger partial charge on any atom is -0.0620 e. The van der Waals surface area contributed by atoms with Gasteiger partial charge in [-0.2, -0.15) is 0 Å². The predicted molar refractivity (Wildman–Crippen MR) is 112 cm³/mol. The Hall–Kier alpha value is -1.56. The second kappa shape index (κ2) is 6.98. The van der Waals surface area contributed by atoms with Gasteiger partial charge in [-0.25, -0.2) is 0 Å². The molecule has 0 fully saturated rings. The Morgan fingerprint density at radius 3 is 1.92 bits per heavy atom. The summed E-state index contributed by atoms with van der Waals surface area (Å²) >= 11 is 0. The van der Waals surface area contributed by atoms with Crippen molar-refractivity contribution in [3.8, 4) is 11.1 Å². The normalized spacial score (nSPS) is 13.1. The highest BCUT2D eigenvalue weighted by atomic mass is 14.3. The van der Waals surface area contributed by atoms with Crippen LogP contribution in [0.25, 0.3) is 11.1 Å². The van der Waals surface area contributed by atoms with Crippen molar-refractivity contribution < 1.29 is 0 Å². The van der Waals surface area contributed by atoms with E-state index in [4.69, 9.17) is 0 Å². The summed E-state index contributed by atoms with van der Waals surface area (Å²) in [5.74, 6) is 0. The molecule has 0 amide bonds. The zero-order valence-electron chi connectivity index (χ0n) is 17.5. The molecule has 0 radical (unpaired) electrons. The molecule has 0 unspecified atom stereocenters. The predicted octanol–water partition coefficient (Wildman–Crippen LogP) is 7.66.